The maximum atomic E-state index is 13.9. The molecule has 0 saturated carbocycles. The number of allylic oxidation sites excluding steroid dienone is 2. The lowest BCUT2D eigenvalue weighted by Crippen LogP contribution is -2.42. The average Bonchev–Trinajstić information content (AvgIpc) is 3.00. The monoisotopic (exact) mass is 583 g/mol. The van der Waals surface area contributed by atoms with Gasteiger partial charge < -0.3 is 19.3 Å². The van der Waals surface area contributed by atoms with Gasteiger partial charge in [0, 0.05) is 46.9 Å². The van der Waals surface area contributed by atoms with E-state index in [0.29, 0.717) is 70.2 Å². The van der Waals surface area contributed by atoms with Crippen LogP contribution in [0.1, 0.15) is 47.4 Å². The number of nitrogens with zero attached hydrogens (tertiary/aromatic N) is 2. The van der Waals surface area contributed by atoms with Gasteiger partial charge in [-0.15, -0.1) is 0 Å². The van der Waals surface area contributed by atoms with Gasteiger partial charge in [0.15, 0.2) is 17.3 Å². The van der Waals surface area contributed by atoms with E-state index in [-0.39, 0.29) is 28.6 Å². The Morgan fingerprint density at radius 3 is 2.19 bits per heavy atom. The number of non-ortho nitro benzene ring substituents is 1. The summed E-state index contributed by atoms with van der Waals surface area (Å²) in [5, 5.41) is 33.0. The van der Waals surface area contributed by atoms with Crippen LogP contribution in [0.3, 0.4) is 0 Å². The number of anilines is 1. The summed E-state index contributed by atoms with van der Waals surface area (Å²) in [6, 6.07) is 15.2. The minimum Gasteiger partial charge on any atom is -0.507 e. The number of nitro benzene ring substituents is 1. The molecule has 222 valence electrons. The van der Waals surface area contributed by atoms with Crippen LogP contribution in [0.15, 0.2) is 71.4 Å². The number of ketones is 1. The van der Waals surface area contributed by atoms with Crippen LogP contribution in [0.25, 0.3) is 5.76 Å². The topological polar surface area (TPSA) is 135 Å². The summed E-state index contributed by atoms with van der Waals surface area (Å²) >= 11 is 0. The van der Waals surface area contributed by atoms with Gasteiger partial charge in [0.2, 0.25) is 5.75 Å². The number of carbonyl (C=O) groups excluding carboxylic acids is 1. The van der Waals surface area contributed by atoms with Crippen LogP contribution in [-0.4, -0.2) is 43.0 Å². The fourth-order valence-corrected chi connectivity index (χ4v) is 5.93. The first-order valence-corrected chi connectivity index (χ1v) is 13.8. The third-order valence-corrected chi connectivity index (χ3v) is 7.99. The molecule has 10 nitrogen and oxygen atoms in total. The van der Waals surface area contributed by atoms with Crippen molar-refractivity contribution in [1.29, 1.82) is 5.41 Å². The first kappa shape index (κ1) is 29.4. The Bertz CT molecular complexity index is 1680. The molecule has 2 N–H and O–H groups in total. The first-order valence-electron chi connectivity index (χ1n) is 13.8. The molecule has 1 aliphatic heterocycles. The second kappa shape index (κ2) is 11.6. The fourth-order valence-electron chi connectivity index (χ4n) is 5.93. The number of amidine groups is 1. The van der Waals surface area contributed by atoms with Crippen molar-refractivity contribution in [3.8, 4) is 17.2 Å². The molecule has 1 atom stereocenters. The second-order valence-electron chi connectivity index (χ2n) is 10.6. The molecule has 43 heavy (non-hydrogen) atoms. The highest BCUT2D eigenvalue weighted by Crippen LogP contribution is 2.51. The molecule has 0 aromatic heterocycles. The van der Waals surface area contributed by atoms with Crippen molar-refractivity contribution in [1.82, 2.24) is 0 Å². The van der Waals surface area contributed by atoms with Gasteiger partial charge in [-0.25, -0.2) is 0 Å². The summed E-state index contributed by atoms with van der Waals surface area (Å²) < 4.78 is 16.8. The van der Waals surface area contributed by atoms with Crippen LogP contribution >= 0.6 is 0 Å². The van der Waals surface area contributed by atoms with Crippen molar-refractivity contribution in [2.75, 3.05) is 26.2 Å². The quantitative estimate of drug-likeness (QED) is 0.176. The van der Waals surface area contributed by atoms with Crippen LogP contribution in [0.2, 0.25) is 0 Å². The van der Waals surface area contributed by atoms with Crippen molar-refractivity contribution in [2.24, 2.45) is 0 Å². The number of benzene rings is 3. The molecule has 1 aliphatic carbocycles. The lowest BCUT2D eigenvalue weighted by atomic mass is 9.73. The maximum Gasteiger partial charge on any atom is 0.269 e. The molecule has 0 unspecified atom stereocenters. The molecule has 0 bridgehead atoms. The molecule has 0 spiro atoms. The summed E-state index contributed by atoms with van der Waals surface area (Å²) in [6.07, 6.45) is 1.39. The molecule has 5 rings (SSSR count). The van der Waals surface area contributed by atoms with Crippen molar-refractivity contribution in [3.63, 3.8) is 0 Å². The number of hydrogen-bond acceptors (Lipinski definition) is 8. The molecule has 0 fully saturated rings. The largest absolute Gasteiger partial charge is 0.507 e. The van der Waals surface area contributed by atoms with Gasteiger partial charge >= 0.3 is 0 Å². The van der Waals surface area contributed by atoms with Gasteiger partial charge in [0.1, 0.15) is 11.6 Å². The normalized spacial score (nSPS) is 17.9. The van der Waals surface area contributed by atoms with Gasteiger partial charge in [0.05, 0.1) is 31.9 Å². The standard InChI is InChI=1S/C33H33N3O7/c1-18-9-11-20(12-10-18)31(38)30-28(21-16-26(41-3)32(43-5)27(17-21)42-4)29-24(7-6-8-25(29)37)35(33(30)34)23-14-13-22(36(39)40)15-19(23)2/h9-17,28,34,38H,6-8H2,1-5H3/t28-/m1/s1. The number of hydrogen-bond donors (Lipinski definition) is 2. The number of aliphatic hydroxyl groups excluding tert-OH is 1. The Balaban J connectivity index is 1.87. The minimum absolute atomic E-state index is 0.0396. The number of nitrogens with one attached hydrogen (secondary N) is 1. The summed E-state index contributed by atoms with van der Waals surface area (Å²) in [5.41, 5.74) is 4.35. The van der Waals surface area contributed by atoms with Crippen LogP contribution in [-0.2, 0) is 4.79 Å². The van der Waals surface area contributed by atoms with Crippen LogP contribution in [0.4, 0.5) is 11.4 Å². The molecule has 1 heterocycles. The number of nitro groups is 1. The van der Waals surface area contributed by atoms with E-state index in [1.54, 1.807) is 42.2 Å². The molecule has 3 aromatic carbocycles. The first-order chi connectivity index (χ1) is 20.6. The van der Waals surface area contributed by atoms with Gasteiger partial charge in [-0.2, -0.15) is 0 Å². The number of ether oxygens (including phenoxy) is 3. The number of Topliss-reactive ketones (excluding diaryl/α,β-unsaturated/α-hetero) is 1. The van der Waals surface area contributed by atoms with E-state index >= 15 is 0 Å². The zero-order chi connectivity index (χ0) is 31.0. The van der Waals surface area contributed by atoms with Crippen LogP contribution < -0.4 is 19.1 Å². The van der Waals surface area contributed by atoms with Crippen molar-refractivity contribution in [2.45, 2.75) is 39.0 Å². The van der Waals surface area contributed by atoms with Crippen molar-refractivity contribution in [3.05, 3.63) is 104 Å². The van der Waals surface area contributed by atoms with Gasteiger partial charge in [-0.1, -0.05) is 29.8 Å². The third-order valence-electron chi connectivity index (χ3n) is 7.99. The van der Waals surface area contributed by atoms with E-state index in [1.807, 2.05) is 19.1 Å². The summed E-state index contributed by atoms with van der Waals surface area (Å²) in [5.74, 6) is -0.0138. The third kappa shape index (κ3) is 5.09. The Hall–Kier alpha value is -5.12. The number of rotatable bonds is 7. The fraction of sp³-hybridized carbons (Fsp3) is 0.273. The Labute approximate surface area is 249 Å². The lowest BCUT2D eigenvalue weighted by molar-refractivity contribution is -0.384. The number of aliphatic hydroxyl groups is 1. The van der Waals surface area contributed by atoms with E-state index in [4.69, 9.17) is 14.2 Å². The van der Waals surface area contributed by atoms with E-state index in [2.05, 4.69) is 0 Å². The highest BCUT2D eigenvalue weighted by molar-refractivity contribution is 6.20. The maximum absolute atomic E-state index is 13.9. The number of aryl methyl sites for hydroxylation is 2. The molecule has 2 aliphatic rings. The summed E-state index contributed by atoms with van der Waals surface area (Å²) in [6.45, 7) is 3.67. The van der Waals surface area contributed by atoms with Crippen molar-refractivity contribution >= 4 is 28.8 Å². The van der Waals surface area contributed by atoms with E-state index in [1.165, 1.54) is 33.5 Å². The molecule has 0 amide bonds. The average molecular weight is 584 g/mol. The Kier molecular flexibility index (Phi) is 7.95. The predicted molar refractivity (Wildman–Crippen MR) is 163 cm³/mol. The SMILES string of the molecule is COc1cc([C@H]2C(=C(O)c3ccc(C)cc3)C(=N)N(c3ccc([N+](=O)[O-])cc3C)C3=C2C(=O)CCC3)cc(OC)c1OC. The van der Waals surface area contributed by atoms with Crippen LogP contribution in [0, 0.1) is 29.4 Å². The van der Waals surface area contributed by atoms with Crippen molar-refractivity contribution < 1.29 is 29.0 Å². The highest BCUT2D eigenvalue weighted by Gasteiger charge is 2.44. The molecule has 3 aromatic rings. The molecule has 0 radical (unpaired) electrons. The van der Waals surface area contributed by atoms with Crippen LogP contribution in [0.5, 0.6) is 17.2 Å². The second-order valence-corrected chi connectivity index (χ2v) is 10.6. The van der Waals surface area contributed by atoms with E-state index in [0.717, 1.165) is 5.56 Å². The Morgan fingerprint density at radius 1 is 0.977 bits per heavy atom. The number of methoxy groups -OCH3 is 3. The zero-order valence-corrected chi connectivity index (χ0v) is 24.7. The smallest absolute Gasteiger partial charge is 0.269 e. The van der Waals surface area contributed by atoms with E-state index in [9.17, 15) is 25.4 Å². The van der Waals surface area contributed by atoms with Gasteiger partial charge in [-0.05, 0) is 56.0 Å². The minimum atomic E-state index is -0.833. The molecular formula is C33H33N3O7. The van der Waals surface area contributed by atoms with E-state index < -0.39 is 10.8 Å². The number of carbonyl (C=O) groups is 1. The molecule has 10 heteroatoms. The summed E-state index contributed by atoms with van der Waals surface area (Å²) in [7, 11) is 4.50. The predicted octanol–water partition coefficient (Wildman–Crippen LogP) is 6.79. The Morgan fingerprint density at radius 2 is 1.63 bits per heavy atom. The molecule has 0 saturated heterocycles. The van der Waals surface area contributed by atoms with Gasteiger partial charge in [-0.3, -0.25) is 25.2 Å². The summed E-state index contributed by atoms with van der Waals surface area (Å²) in [4.78, 5) is 26.5. The highest BCUT2D eigenvalue weighted by atomic mass is 16.6. The zero-order valence-electron chi connectivity index (χ0n) is 24.7. The molecular weight excluding hydrogens is 550 g/mol. The van der Waals surface area contributed by atoms with Gasteiger partial charge in [0.25, 0.3) is 5.69 Å². The lowest BCUT2D eigenvalue weighted by Gasteiger charge is -2.42.